The Morgan fingerprint density at radius 2 is 2.42 bits per heavy atom. The second-order valence-electron chi connectivity index (χ2n) is 2.62. The molecule has 0 atom stereocenters. The van der Waals surface area contributed by atoms with E-state index in [-0.39, 0.29) is 6.61 Å². The number of pyridine rings is 1. The van der Waals surface area contributed by atoms with E-state index in [1.165, 1.54) is 0 Å². The van der Waals surface area contributed by atoms with E-state index >= 15 is 0 Å². The normalized spacial score (nSPS) is 9.83. The Hall–Kier alpha value is -1.09. The van der Waals surface area contributed by atoms with Crippen LogP contribution in [0.15, 0.2) is 18.5 Å². The van der Waals surface area contributed by atoms with Gasteiger partial charge in [0.2, 0.25) is 0 Å². The average Bonchev–Trinajstić information content (AvgIpc) is 2.15. The third-order valence-electron chi connectivity index (χ3n) is 1.64. The van der Waals surface area contributed by atoms with Crippen molar-refractivity contribution in [1.82, 2.24) is 4.98 Å². The van der Waals surface area contributed by atoms with Crippen molar-refractivity contribution in [2.24, 2.45) is 0 Å². The molecule has 0 saturated carbocycles. The lowest BCUT2D eigenvalue weighted by atomic mass is 10.2. The molecule has 1 aromatic heterocycles. The average molecular weight is 166 g/mol. The van der Waals surface area contributed by atoms with E-state index in [4.69, 9.17) is 5.11 Å². The fourth-order valence-electron chi connectivity index (χ4n) is 0.985. The van der Waals surface area contributed by atoms with Gasteiger partial charge in [-0.3, -0.25) is 4.98 Å². The molecule has 1 heterocycles. The molecule has 3 nitrogen and oxygen atoms in total. The summed E-state index contributed by atoms with van der Waals surface area (Å²) in [7, 11) is 0. The summed E-state index contributed by atoms with van der Waals surface area (Å²) in [4.78, 5) is 3.92. The van der Waals surface area contributed by atoms with E-state index in [2.05, 4.69) is 17.2 Å². The number of nitrogens with one attached hydrogen (secondary N) is 1. The number of hydrogen-bond acceptors (Lipinski definition) is 3. The minimum atomic E-state index is 0.0416. The van der Waals surface area contributed by atoms with Gasteiger partial charge in [-0.1, -0.05) is 6.92 Å². The van der Waals surface area contributed by atoms with Crippen LogP contribution in [0.4, 0.5) is 5.69 Å². The molecule has 0 fully saturated rings. The van der Waals surface area contributed by atoms with Gasteiger partial charge in [0.15, 0.2) is 0 Å². The number of hydrogen-bond donors (Lipinski definition) is 2. The largest absolute Gasteiger partial charge is 0.392 e. The number of nitrogens with zero attached hydrogens (tertiary/aromatic N) is 1. The van der Waals surface area contributed by atoms with Crippen LogP contribution in [0.2, 0.25) is 0 Å². The molecule has 1 rings (SSSR count). The molecular formula is C9H14N2O. The molecule has 0 spiro atoms. The highest BCUT2D eigenvalue weighted by Crippen LogP contribution is 2.12. The first kappa shape index (κ1) is 9.00. The van der Waals surface area contributed by atoms with Crippen LogP contribution >= 0.6 is 0 Å². The summed E-state index contributed by atoms with van der Waals surface area (Å²) in [5.74, 6) is 0. The zero-order chi connectivity index (χ0) is 8.81. The molecule has 2 N–H and O–H groups in total. The summed E-state index contributed by atoms with van der Waals surface area (Å²) in [6.45, 7) is 3.07. The minimum absolute atomic E-state index is 0.0416. The molecule has 3 heteroatoms. The molecule has 0 saturated heterocycles. The van der Waals surface area contributed by atoms with Gasteiger partial charge >= 0.3 is 0 Å². The van der Waals surface area contributed by atoms with Gasteiger partial charge in [0.25, 0.3) is 0 Å². The second-order valence-corrected chi connectivity index (χ2v) is 2.62. The molecule has 12 heavy (non-hydrogen) atoms. The fraction of sp³-hybridized carbons (Fsp3) is 0.444. The zero-order valence-electron chi connectivity index (χ0n) is 7.25. The van der Waals surface area contributed by atoms with Crippen LogP contribution in [0.3, 0.4) is 0 Å². The second kappa shape index (κ2) is 4.72. The SMILES string of the molecule is CCCNc1ccncc1CO. The summed E-state index contributed by atoms with van der Waals surface area (Å²) in [6.07, 6.45) is 4.47. The van der Waals surface area contributed by atoms with E-state index in [9.17, 15) is 0 Å². The Bertz CT molecular complexity index is 238. The van der Waals surface area contributed by atoms with Gasteiger partial charge in [-0.15, -0.1) is 0 Å². The predicted molar refractivity (Wildman–Crippen MR) is 48.9 cm³/mol. The van der Waals surface area contributed by atoms with Crippen molar-refractivity contribution in [2.75, 3.05) is 11.9 Å². The first-order valence-electron chi connectivity index (χ1n) is 4.16. The summed E-state index contributed by atoms with van der Waals surface area (Å²) < 4.78 is 0. The third kappa shape index (κ3) is 2.20. The standard InChI is InChI=1S/C9H14N2O/c1-2-4-11-9-3-5-10-6-8(9)7-12/h3,5-6,12H,2,4,7H2,1H3,(H,10,11). The number of rotatable bonds is 4. The van der Waals surface area contributed by atoms with Crippen LogP contribution < -0.4 is 5.32 Å². The number of aromatic nitrogens is 1. The molecule has 1 aromatic rings. The molecule has 0 bridgehead atoms. The maximum Gasteiger partial charge on any atom is 0.0717 e. The number of anilines is 1. The zero-order valence-corrected chi connectivity index (χ0v) is 7.25. The summed E-state index contributed by atoms with van der Waals surface area (Å²) in [6, 6.07) is 1.88. The summed E-state index contributed by atoms with van der Waals surface area (Å²) in [5, 5.41) is 12.2. The van der Waals surface area contributed by atoms with Crippen molar-refractivity contribution in [3.05, 3.63) is 24.0 Å². The Morgan fingerprint density at radius 3 is 3.08 bits per heavy atom. The van der Waals surface area contributed by atoms with Gasteiger partial charge in [-0.2, -0.15) is 0 Å². The lowest BCUT2D eigenvalue weighted by molar-refractivity contribution is 0.282. The smallest absolute Gasteiger partial charge is 0.0717 e. The molecule has 0 amide bonds. The van der Waals surface area contributed by atoms with Crippen LogP contribution in [0.5, 0.6) is 0 Å². The van der Waals surface area contributed by atoms with Gasteiger partial charge in [-0.05, 0) is 12.5 Å². The Kier molecular flexibility index (Phi) is 3.54. The van der Waals surface area contributed by atoms with Gasteiger partial charge in [0, 0.05) is 30.2 Å². The highest BCUT2D eigenvalue weighted by atomic mass is 16.3. The van der Waals surface area contributed by atoms with E-state index in [1.54, 1.807) is 12.4 Å². The van der Waals surface area contributed by atoms with Gasteiger partial charge in [0.05, 0.1) is 6.61 Å². The molecule has 0 aliphatic carbocycles. The molecule has 0 aliphatic rings. The summed E-state index contributed by atoms with van der Waals surface area (Å²) in [5.41, 5.74) is 1.83. The van der Waals surface area contributed by atoms with Crippen LogP contribution in [0.25, 0.3) is 0 Å². The van der Waals surface area contributed by atoms with Crippen molar-refractivity contribution < 1.29 is 5.11 Å². The van der Waals surface area contributed by atoms with E-state index in [1.807, 2.05) is 6.07 Å². The highest BCUT2D eigenvalue weighted by Gasteiger charge is 1.97. The fourth-order valence-corrected chi connectivity index (χ4v) is 0.985. The molecule has 66 valence electrons. The first-order chi connectivity index (χ1) is 5.88. The van der Waals surface area contributed by atoms with Crippen LogP contribution in [0, 0.1) is 0 Å². The molecule has 0 radical (unpaired) electrons. The summed E-state index contributed by atoms with van der Waals surface area (Å²) >= 11 is 0. The van der Waals surface area contributed by atoms with E-state index < -0.39 is 0 Å². The van der Waals surface area contributed by atoms with E-state index in [0.717, 1.165) is 24.2 Å². The van der Waals surface area contributed by atoms with Crippen molar-refractivity contribution in [3.63, 3.8) is 0 Å². The lowest BCUT2D eigenvalue weighted by Gasteiger charge is -2.07. The van der Waals surface area contributed by atoms with Crippen LogP contribution in [0.1, 0.15) is 18.9 Å². The highest BCUT2D eigenvalue weighted by molar-refractivity contribution is 5.48. The maximum absolute atomic E-state index is 8.94. The monoisotopic (exact) mass is 166 g/mol. The van der Waals surface area contributed by atoms with E-state index in [0.29, 0.717) is 0 Å². The topological polar surface area (TPSA) is 45.2 Å². The Morgan fingerprint density at radius 1 is 1.58 bits per heavy atom. The van der Waals surface area contributed by atoms with Gasteiger partial charge < -0.3 is 10.4 Å². The van der Waals surface area contributed by atoms with Crippen LogP contribution in [-0.2, 0) is 6.61 Å². The van der Waals surface area contributed by atoms with Crippen molar-refractivity contribution in [1.29, 1.82) is 0 Å². The van der Waals surface area contributed by atoms with Crippen molar-refractivity contribution in [3.8, 4) is 0 Å². The number of aliphatic hydroxyl groups excluding tert-OH is 1. The molecule has 0 aromatic carbocycles. The lowest BCUT2D eigenvalue weighted by Crippen LogP contribution is -2.03. The van der Waals surface area contributed by atoms with Gasteiger partial charge in [0.1, 0.15) is 0 Å². The molecule has 0 aliphatic heterocycles. The molecular weight excluding hydrogens is 152 g/mol. The Labute approximate surface area is 72.5 Å². The van der Waals surface area contributed by atoms with Crippen molar-refractivity contribution in [2.45, 2.75) is 20.0 Å². The number of aliphatic hydroxyl groups is 1. The minimum Gasteiger partial charge on any atom is -0.392 e. The quantitative estimate of drug-likeness (QED) is 0.710. The maximum atomic E-state index is 8.94. The molecule has 0 unspecified atom stereocenters. The van der Waals surface area contributed by atoms with Crippen molar-refractivity contribution >= 4 is 5.69 Å². The van der Waals surface area contributed by atoms with Gasteiger partial charge in [-0.25, -0.2) is 0 Å². The van der Waals surface area contributed by atoms with Crippen LogP contribution in [-0.4, -0.2) is 16.6 Å². The Balaban J connectivity index is 2.68. The predicted octanol–water partition coefficient (Wildman–Crippen LogP) is 1.40. The first-order valence-corrected chi connectivity index (χ1v) is 4.16. The third-order valence-corrected chi connectivity index (χ3v) is 1.64.